The molecule has 0 aliphatic carbocycles. The highest BCUT2D eigenvalue weighted by atomic mass is 32.1. The van der Waals surface area contributed by atoms with Crippen LogP contribution >= 0.6 is 11.3 Å². The van der Waals surface area contributed by atoms with E-state index in [0.717, 1.165) is 16.0 Å². The number of benzene rings is 1. The zero-order valence-electron chi connectivity index (χ0n) is 14.0. The number of urea groups is 1. The normalized spacial score (nSPS) is 12.5. The van der Waals surface area contributed by atoms with Gasteiger partial charge in [-0.3, -0.25) is 10.1 Å². The van der Waals surface area contributed by atoms with Crippen LogP contribution < -0.4 is 16.0 Å². The minimum atomic E-state index is -4.53. The summed E-state index contributed by atoms with van der Waals surface area (Å²) < 4.78 is 36.1. The average molecular weight is 386 g/mol. The summed E-state index contributed by atoms with van der Waals surface area (Å²) in [6, 6.07) is 10.4. The van der Waals surface area contributed by atoms with Crippen molar-refractivity contribution in [3.05, 3.63) is 57.8 Å². The van der Waals surface area contributed by atoms with Crippen LogP contribution in [0.1, 0.15) is 22.0 Å². The Hall–Kier alpha value is -2.39. The van der Waals surface area contributed by atoms with Crippen LogP contribution in [-0.4, -0.2) is 31.2 Å². The maximum Gasteiger partial charge on any atom is 0.405 e. The number of hydrogen-bond acceptors (Lipinski definition) is 3. The molecule has 0 unspecified atom stereocenters. The van der Waals surface area contributed by atoms with Crippen molar-refractivity contribution >= 4 is 23.3 Å². The number of nitrogens with two attached hydrogens (primary N) is 1. The van der Waals surface area contributed by atoms with Gasteiger partial charge in [-0.1, -0.05) is 35.9 Å². The minimum absolute atomic E-state index is 0.101. The van der Waals surface area contributed by atoms with Crippen molar-refractivity contribution in [1.29, 1.82) is 0 Å². The van der Waals surface area contributed by atoms with Crippen molar-refractivity contribution in [2.75, 3.05) is 13.1 Å². The molecule has 9 heteroatoms. The van der Waals surface area contributed by atoms with Crippen molar-refractivity contribution in [2.24, 2.45) is 0 Å². The quantitative estimate of drug-likeness (QED) is 0.711. The second kappa shape index (κ2) is 8.81. The molecule has 4 N–H and O–H groups in total. The lowest BCUT2D eigenvalue weighted by Crippen LogP contribution is -2.87. The zero-order valence-corrected chi connectivity index (χ0v) is 14.8. The van der Waals surface area contributed by atoms with Gasteiger partial charge in [0.15, 0.2) is 6.54 Å². The zero-order chi connectivity index (χ0) is 19.2. The predicted molar refractivity (Wildman–Crippen MR) is 91.7 cm³/mol. The number of carbonyl (C=O) groups excluding carboxylic acids is 2. The molecule has 0 aliphatic heterocycles. The fraction of sp³-hybridized carbons (Fsp3) is 0.294. The minimum Gasteiger partial charge on any atom is -0.329 e. The van der Waals surface area contributed by atoms with E-state index in [2.05, 4.69) is 0 Å². The number of thiophene rings is 1. The number of hydrogen-bond donors (Lipinski definition) is 3. The summed E-state index contributed by atoms with van der Waals surface area (Å²) in [6.07, 6.45) is -4.53. The first-order chi connectivity index (χ1) is 12.2. The standard InChI is InChI=1S/C17H18F3N3O2S/c1-11-4-6-12(7-5-11)15(13-3-2-8-26-13)21-9-14(24)23-16(25)22-10-17(18,19)20/h2-8,15,21H,9-10H2,1H3,(H2,22,23,24,25)/p+1/t15-/m1/s1. The van der Waals surface area contributed by atoms with Crippen molar-refractivity contribution in [1.82, 2.24) is 10.6 Å². The first kappa shape index (κ1) is 19.9. The Labute approximate surface area is 152 Å². The Morgan fingerprint density at radius 3 is 2.46 bits per heavy atom. The lowest BCUT2D eigenvalue weighted by molar-refractivity contribution is -0.676. The van der Waals surface area contributed by atoms with Crippen LogP contribution in [0.3, 0.4) is 0 Å². The highest BCUT2D eigenvalue weighted by Crippen LogP contribution is 2.22. The molecule has 0 radical (unpaired) electrons. The topological polar surface area (TPSA) is 74.8 Å². The van der Waals surface area contributed by atoms with Crippen LogP contribution in [-0.2, 0) is 4.79 Å². The molecule has 1 aromatic heterocycles. The summed E-state index contributed by atoms with van der Waals surface area (Å²) in [5, 5.41) is 7.16. The first-order valence-electron chi connectivity index (χ1n) is 7.82. The van der Waals surface area contributed by atoms with E-state index in [1.807, 2.05) is 54.0 Å². The molecule has 5 nitrogen and oxygen atoms in total. The molecular weight excluding hydrogens is 367 g/mol. The van der Waals surface area contributed by atoms with Crippen molar-refractivity contribution in [3.8, 4) is 0 Å². The van der Waals surface area contributed by atoms with Gasteiger partial charge < -0.3 is 10.6 Å². The summed E-state index contributed by atoms with van der Waals surface area (Å²) in [6.45, 7) is 0.382. The van der Waals surface area contributed by atoms with Gasteiger partial charge in [0.25, 0.3) is 5.91 Å². The van der Waals surface area contributed by atoms with E-state index in [1.54, 1.807) is 10.6 Å². The Balaban J connectivity index is 1.94. The number of rotatable bonds is 6. The van der Waals surface area contributed by atoms with E-state index in [0.29, 0.717) is 0 Å². The summed E-state index contributed by atoms with van der Waals surface area (Å²) in [7, 11) is 0. The molecular formula is C17H19F3N3O2S+. The molecule has 140 valence electrons. The molecule has 3 amide bonds. The Bertz CT molecular complexity index is 731. The highest BCUT2D eigenvalue weighted by molar-refractivity contribution is 7.10. The Kier molecular flexibility index (Phi) is 6.76. The number of nitrogens with one attached hydrogen (secondary N) is 2. The van der Waals surface area contributed by atoms with Gasteiger partial charge in [-0.05, 0) is 18.4 Å². The second-order valence-corrected chi connectivity index (χ2v) is 6.67. The van der Waals surface area contributed by atoms with Crippen molar-refractivity contribution in [3.63, 3.8) is 0 Å². The third-order valence-corrected chi connectivity index (χ3v) is 4.48. The lowest BCUT2D eigenvalue weighted by atomic mass is 10.0. The fourth-order valence-electron chi connectivity index (χ4n) is 2.29. The van der Waals surface area contributed by atoms with Crippen LogP contribution in [0.2, 0.25) is 0 Å². The molecule has 26 heavy (non-hydrogen) atoms. The molecule has 0 saturated carbocycles. The number of alkyl halides is 3. The number of aryl methyl sites for hydroxylation is 1. The molecule has 2 aromatic rings. The summed E-state index contributed by atoms with van der Waals surface area (Å²) >= 11 is 1.54. The molecule has 0 fully saturated rings. The summed E-state index contributed by atoms with van der Waals surface area (Å²) in [5.74, 6) is -0.668. The molecule has 1 aromatic carbocycles. The van der Waals surface area contributed by atoms with E-state index >= 15 is 0 Å². The van der Waals surface area contributed by atoms with Gasteiger partial charge in [-0.25, -0.2) is 4.79 Å². The largest absolute Gasteiger partial charge is 0.405 e. The monoisotopic (exact) mass is 386 g/mol. The number of amides is 3. The van der Waals surface area contributed by atoms with Crippen LogP contribution in [0, 0.1) is 6.92 Å². The average Bonchev–Trinajstić information content (AvgIpc) is 3.08. The summed E-state index contributed by atoms with van der Waals surface area (Å²) in [4.78, 5) is 24.2. The van der Waals surface area contributed by atoms with E-state index in [4.69, 9.17) is 0 Å². The number of halogens is 3. The van der Waals surface area contributed by atoms with Gasteiger partial charge in [0.2, 0.25) is 0 Å². The van der Waals surface area contributed by atoms with Crippen LogP contribution in [0.4, 0.5) is 18.0 Å². The van der Waals surface area contributed by atoms with Gasteiger partial charge in [-0.15, -0.1) is 11.3 Å². The molecule has 0 spiro atoms. The first-order valence-corrected chi connectivity index (χ1v) is 8.70. The lowest BCUT2D eigenvalue weighted by Gasteiger charge is -2.15. The Morgan fingerprint density at radius 2 is 1.88 bits per heavy atom. The highest BCUT2D eigenvalue weighted by Gasteiger charge is 2.28. The van der Waals surface area contributed by atoms with Gasteiger partial charge >= 0.3 is 12.2 Å². The third-order valence-electron chi connectivity index (χ3n) is 3.53. The molecule has 2 rings (SSSR count). The van der Waals surface area contributed by atoms with Gasteiger partial charge in [0.1, 0.15) is 12.6 Å². The molecule has 0 bridgehead atoms. The van der Waals surface area contributed by atoms with E-state index in [9.17, 15) is 22.8 Å². The van der Waals surface area contributed by atoms with Crippen molar-refractivity contribution < 1.29 is 28.1 Å². The third kappa shape index (κ3) is 6.49. The maximum absolute atomic E-state index is 12.0. The summed E-state index contributed by atoms with van der Waals surface area (Å²) in [5.41, 5.74) is 2.10. The van der Waals surface area contributed by atoms with Gasteiger partial charge in [0, 0.05) is 5.56 Å². The fourth-order valence-corrected chi connectivity index (χ4v) is 3.14. The maximum atomic E-state index is 12.0. The van der Waals surface area contributed by atoms with Crippen LogP contribution in [0.25, 0.3) is 0 Å². The smallest absolute Gasteiger partial charge is 0.329 e. The second-order valence-electron chi connectivity index (χ2n) is 5.69. The molecule has 0 saturated heterocycles. The van der Waals surface area contributed by atoms with Crippen molar-refractivity contribution in [2.45, 2.75) is 19.1 Å². The molecule has 1 atom stereocenters. The molecule has 1 heterocycles. The number of imide groups is 1. The van der Waals surface area contributed by atoms with E-state index < -0.39 is 24.7 Å². The Morgan fingerprint density at radius 1 is 1.19 bits per heavy atom. The number of quaternary nitrogens is 1. The van der Waals surface area contributed by atoms with Crippen LogP contribution in [0.15, 0.2) is 41.8 Å². The molecule has 0 aliphatic rings. The van der Waals surface area contributed by atoms with Gasteiger partial charge in [0.05, 0.1) is 4.88 Å². The van der Waals surface area contributed by atoms with Crippen LogP contribution in [0.5, 0.6) is 0 Å². The number of carbonyl (C=O) groups is 2. The predicted octanol–water partition coefficient (Wildman–Crippen LogP) is 2.10. The SMILES string of the molecule is Cc1ccc([C@@H]([NH2+]CC(=O)NC(=O)NCC(F)(F)F)c2cccs2)cc1. The van der Waals surface area contributed by atoms with E-state index in [-0.39, 0.29) is 12.6 Å². The van der Waals surface area contributed by atoms with E-state index in [1.165, 1.54) is 11.3 Å². The van der Waals surface area contributed by atoms with Gasteiger partial charge in [-0.2, -0.15) is 13.2 Å².